The molecule has 0 saturated heterocycles. The first-order valence-electron chi connectivity index (χ1n) is 6.85. The van der Waals surface area contributed by atoms with Crippen LogP contribution in [0.1, 0.15) is 0 Å². The minimum Gasteiger partial charge on any atom is -0.339 e. The van der Waals surface area contributed by atoms with E-state index in [9.17, 15) is 0 Å². The molecule has 0 aliphatic carbocycles. The summed E-state index contributed by atoms with van der Waals surface area (Å²) >= 11 is 6.02. The molecule has 1 heterocycles. The number of hydrogen-bond donors (Lipinski definition) is 0. The van der Waals surface area contributed by atoms with Gasteiger partial charge < -0.3 is 4.57 Å². The number of alkyl halides is 1. The quantitative estimate of drug-likeness (QED) is 0.445. The predicted molar refractivity (Wildman–Crippen MR) is 87.7 cm³/mol. The standard InChI is InChI=1S/C18H14ClN/c19-11-12-20-17-8-4-3-7-15(17)16-10-9-13-5-1-2-6-14(13)18(16)20/h1-10H,11-12H2. The number of aromatic nitrogens is 1. The van der Waals surface area contributed by atoms with Crippen LogP contribution in [-0.2, 0) is 6.54 Å². The highest BCUT2D eigenvalue weighted by Crippen LogP contribution is 2.33. The van der Waals surface area contributed by atoms with Crippen LogP contribution in [0.5, 0.6) is 0 Å². The van der Waals surface area contributed by atoms with Crippen molar-refractivity contribution < 1.29 is 0 Å². The van der Waals surface area contributed by atoms with Crippen molar-refractivity contribution in [3.05, 3.63) is 60.7 Å². The van der Waals surface area contributed by atoms with Gasteiger partial charge in [-0.05, 0) is 11.5 Å². The first-order valence-corrected chi connectivity index (χ1v) is 7.38. The summed E-state index contributed by atoms with van der Waals surface area (Å²) in [5.74, 6) is 0.622. The Bertz CT molecular complexity index is 921. The molecule has 0 fully saturated rings. The van der Waals surface area contributed by atoms with Gasteiger partial charge in [0.25, 0.3) is 0 Å². The maximum atomic E-state index is 6.02. The van der Waals surface area contributed by atoms with Crippen LogP contribution in [0, 0.1) is 0 Å². The summed E-state index contributed by atoms with van der Waals surface area (Å²) in [4.78, 5) is 0. The molecule has 0 radical (unpaired) electrons. The van der Waals surface area contributed by atoms with Crippen molar-refractivity contribution in [3.8, 4) is 0 Å². The van der Waals surface area contributed by atoms with Crippen LogP contribution in [0.2, 0.25) is 0 Å². The number of aryl methyl sites for hydroxylation is 1. The molecule has 98 valence electrons. The van der Waals surface area contributed by atoms with Gasteiger partial charge >= 0.3 is 0 Å². The van der Waals surface area contributed by atoms with E-state index in [-0.39, 0.29) is 0 Å². The van der Waals surface area contributed by atoms with E-state index in [2.05, 4.69) is 65.2 Å². The van der Waals surface area contributed by atoms with Crippen LogP contribution in [-0.4, -0.2) is 10.4 Å². The fourth-order valence-corrected chi connectivity index (χ4v) is 3.31. The molecule has 0 unspecified atom stereocenters. The molecule has 0 bridgehead atoms. The fraction of sp³-hybridized carbons (Fsp3) is 0.111. The predicted octanol–water partition coefficient (Wildman–Crippen LogP) is 5.19. The number of halogens is 1. The summed E-state index contributed by atoms with van der Waals surface area (Å²) in [5.41, 5.74) is 2.56. The van der Waals surface area contributed by atoms with Gasteiger partial charge in [-0.25, -0.2) is 0 Å². The molecule has 0 saturated carbocycles. The zero-order chi connectivity index (χ0) is 13.5. The second kappa shape index (κ2) is 4.53. The molecule has 1 aromatic heterocycles. The minimum atomic E-state index is 0.622. The molecule has 3 aromatic carbocycles. The highest BCUT2D eigenvalue weighted by atomic mass is 35.5. The highest BCUT2D eigenvalue weighted by molar-refractivity contribution is 6.19. The monoisotopic (exact) mass is 279 g/mol. The van der Waals surface area contributed by atoms with Crippen molar-refractivity contribution >= 4 is 44.2 Å². The third-order valence-electron chi connectivity index (χ3n) is 3.96. The van der Waals surface area contributed by atoms with Gasteiger partial charge in [0, 0.05) is 34.1 Å². The molecule has 1 nitrogen and oxygen atoms in total. The Hall–Kier alpha value is -1.99. The second-order valence-corrected chi connectivity index (χ2v) is 5.42. The highest BCUT2D eigenvalue weighted by Gasteiger charge is 2.12. The third kappa shape index (κ3) is 1.56. The largest absolute Gasteiger partial charge is 0.339 e. The summed E-state index contributed by atoms with van der Waals surface area (Å²) in [6, 6.07) is 21.5. The smallest absolute Gasteiger partial charge is 0.0571 e. The van der Waals surface area contributed by atoms with E-state index >= 15 is 0 Å². The van der Waals surface area contributed by atoms with E-state index in [1.54, 1.807) is 0 Å². The van der Waals surface area contributed by atoms with Crippen molar-refractivity contribution in [1.82, 2.24) is 4.57 Å². The number of benzene rings is 3. The Morgan fingerprint density at radius 2 is 1.50 bits per heavy atom. The minimum absolute atomic E-state index is 0.622. The van der Waals surface area contributed by atoms with Gasteiger partial charge in [-0.1, -0.05) is 54.6 Å². The Kier molecular flexibility index (Phi) is 2.68. The van der Waals surface area contributed by atoms with Gasteiger partial charge in [0.05, 0.1) is 5.52 Å². The number of nitrogens with zero attached hydrogens (tertiary/aromatic N) is 1. The number of para-hydroxylation sites is 1. The van der Waals surface area contributed by atoms with Gasteiger partial charge in [0.2, 0.25) is 0 Å². The summed E-state index contributed by atoms with van der Waals surface area (Å²) in [6.07, 6.45) is 0. The average Bonchev–Trinajstić information content (AvgIpc) is 2.83. The molecule has 4 rings (SSSR count). The van der Waals surface area contributed by atoms with Crippen LogP contribution in [0.3, 0.4) is 0 Å². The SMILES string of the molecule is ClCCn1c2ccccc2c2ccc3ccccc3c21. The lowest BCUT2D eigenvalue weighted by atomic mass is 10.1. The molecule has 0 amide bonds. The van der Waals surface area contributed by atoms with Crippen LogP contribution in [0.25, 0.3) is 32.6 Å². The third-order valence-corrected chi connectivity index (χ3v) is 4.13. The second-order valence-electron chi connectivity index (χ2n) is 5.04. The summed E-state index contributed by atoms with van der Waals surface area (Å²) < 4.78 is 2.35. The van der Waals surface area contributed by atoms with Gasteiger partial charge in [-0.3, -0.25) is 0 Å². The Balaban J connectivity index is 2.29. The first-order chi connectivity index (χ1) is 9.90. The molecule has 4 aromatic rings. The van der Waals surface area contributed by atoms with E-state index < -0.39 is 0 Å². The molecule has 0 spiro atoms. The van der Waals surface area contributed by atoms with Crippen molar-refractivity contribution in [2.45, 2.75) is 6.54 Å². The van der Waals surface area contributed by atoms with Gasteiger partial charge in [0.1, 0.15) is 0 Å². The molecule has 0 atom stereocenters. The fourth-order valence-electron chi connectivity index (χ4n) is 3.14. The Morgan fingerprint density at radius 1 is 0.750 bits per heavy atom. The van der Waals surface area contributed by atoms with Gasteiger partial charge in [-0.15, -0.1) is 11.6 Å². The first kappa shape index (κ1) is 11.8. The Labute approximate surface area is 122 Å². The average molecular weight is 280 g/mol. The van der Waals surface area contributed by atoms with E-state index in [0.717, 1.165) is 6.54 Å². The van der Waals surface area contributed by atoms with Crippen molar-refractivity contribution in [3.63, 3.8) is 0 Å². The van der Waals surface area contributed by atoms with E-state index in [1.165, 1.54) is 32.6 Å². The van der Waals surface area contributed by atoms with Gasteiger partial charge in [-0.2, -0.15) is 0 Å². The molecular weight excluding hydrogens is 266 g/mol. The number of rotatable bonds is 2. The van der Waals surface area contributed by atoms with E-state index in [4.69, 9.17) is 11.6 Å². The van der Waals surface area contributed by atoms with Crippen molar-refractivity contribution in [2.75, 3.05) is 5.88 Å². The lowest BCUT2D eigenvalue weighted by Gasteiger charge is -2.07. The topological polar surface area (TPSA) is 4.93 Å². The van der Waals surface area contributed by atoms with Crippen LogP contribution >= 0.6 is 11.6 Å². The molecule has 0 aliphatic rings. The number of fused-ring (bicyclic) bond motifs is 5. The molecular formula is C18H14ClN. The molecule has 0 N–H and O–H groups in total. The van der Waals surface area contributed by atoms with Crippen LogP contribution in [0.15, 0.2) is 60.7 Å². The zero-order valence-electron chi connectivity index (χ0n) is 11.0. The molecule has 20 heavy (non-hydrogen) atoms. The maximum absolute atomic E-state index is 6.02. The van der Waals surface area contributed by atoms with Crippen molar-refractivity contribution in [2.24, 2.45) is 0 Å². The Morgan fingerprint density at radius 3 is 2.35 bits per heavy atom. The lowest BCUT2D eigenvalue weighted by molar-refractivity contribution is 0.836. The van der Waals surface area contributed by atoms with E-state index in [1.807, 2.05) is 0 Å². The number of hydrogen-bond acceptors (Lipinski definition) is 0. The molecule has 2 heteroatoms. The summed E-state index contributed by atoms with van der Waals surface area (Å²) in [6.45, 7) is 0.833. The van der Waals surface area contributed by atoms with Crippen molar-refractivity contribution in [1.29, 1.82) is 0 Å². The molecule has 0 aliphatic heterocycles. The summed E-state index contributed by atoms with van der Waals surface area (Å²) in [5, 5.41) is 5.19. The summed E-state index contributed by atoms with van der Waals surface area (Å²) in [7, 11) is 0. The van der Waals surface area contributed by atoms with Crippen LogP contribution in [0.4, 0.5) is 0 Å². The lowest BCUT2D eigenvalue weighted by Crippen LogP contribution is -1.98. The van der Waals surface area contributed by atoms with Gasteiger partial charge in [0.15, 0.2) is 0 Å². The van der Waals surface area contributed by atoms with E-state index in [0.29, 0.717) is 5.88 Å². The maximum Gasteiger partial charge on any atom is 0.0571 e. The van der Waals surface area contributed by atoms with Crippen LogP contribution < -0.4 is 0 Å². The zero-order valence-corrected chi connectivity index (χ0v) is 11.8. The normalized spacial score (nSPS) is 11.7.